The molecule has 0 aromatic carbocycles. The molecule has 0 aromatic heterocycles. The molecule has 1 unspecified atom stereocenters. The predicted octanol–water partition coefficient (Wildman–Crippen LogP) is 1.29. The number of carboxylic acids is 1. The van der Waals surface area contributed by atoms with Gasteiger partial charge in [0, 0.05) is 13.1 Å². The van der Waals surface area contributed by atoms with Crippen LogP contribution in [0.2, 0.25) is 0 Å². The first-order chi connectivity index (χ1) is 6.90. The van der Waals surface area contributed by atoms with Gasteiger partial charge in [0.05, 0.1) is 0 Å². The molecule has 0 radical (unpaired) electrons. The van der Waals surface area contributed by atoms with Crippen molar-refractivity contribution in [2.75, 3.05) is 7.05 Å². The monoisotopic (exact) mass is 216 g/mol. The van der Waals surface area contributed by atoms with Crippen LogP contribution in [0.25, 0.3) is 0 Å². The molecule has 0 aliphatic heterocycles. The highest BCUT2D eigenvalue weighted by molar-refractivity contribution is 5.82. The zero-order chi connectivity index (χ0) is 12.0. The molecule has 2 atom stereocenters. The molecule has 0 saturated carbocycles. The van der Waals surface area contributed by atoms with E-state index >= 15 is 0 Å². The van der Waals surface area contributed by atoms with Crippen LogP contribution in [0.3, 0.4) is 0 Å². The number of carboxylic acid groups (broad SMARTS) is 1. The first-order valence-corrected chi connectivity index (χ1v) is 5.16. The fourth-order valence-electron chi connectivity index (χ4n) is 1.16. The van der Waals surface area contributed by atoms with Crippen molar-refractivity contribution in [1.29, 1.82) is 0 Å². The van der Waals surface area contributed by atoms with Crippen LogP contribution >= 0.6 is 0 Å². The molecule has 0 aromatic rings. The van der Waals surface area contributed by atoms with Crippen molar-refractivity contribution in [3.63, 3.8) is 0 Å². The number of nitrogens with one attached hydrogen (secondary N) is 1. The van der Waals surface area contributed by atoms with E-state index in [4.69, 9.17) is 5.11 Å². The number of amides is 2. The van der Waals surface area contributed by atoms with E-state index in [2.05, 4.69) is 5.32 Å². The number of hydrogen-bond donors (Lipinski definition) is 2. The van der Waals surface area contributed by atoms with Crippen LogP contribution in [-0.2, 0) is 4.79 Å². The highest BCUT2D eigenvalue weighted by Gasteiger charge is 2.19. The fraction of sp³-hybridized carbons (Fsp3) is 0.800. The lowest BCUT2D eigenvalue weighted by molar-refractivity contribution is -0.138. The standard InChI is InChI=1S/C10H20N2O3/c1-5-6-7(2)12(4)10(15)11-8(3)9(13)14/h7-8H,5-6H2,1-4H3,(H,11,15)(H,13,14)/t7?,8-/m0/s1. The van der Waals surface area contributed by atoms with E-state index in [1.807, 2.05) is 13.8 Å². The van der Waals surface area contributed by atoms with E-state index in [-0.39, 0.29) is 12.1 Å². The summed E-state index contributed by atoms with van der Waals surface area (Å²) in [5.41, 5.74) is 0. The molecule has 0 aliphatic carbocycles. The van der Waals surface area contributed by atoms with Gasteiger partial charge < -0.3 is 15.3 Å². The average Bonchev–Trinajstić information content (AvgIpc) is 2.16. The number of carbonyl (C=O) groups excluding carboxylic acids is 1. The first-order valence-electron chi connectivity index (χ1n) is 5.16. The largest absolute Gasteiger partial charge is 0.480 e. The van der Waals surface area contributed by atoms with Gasteiger partial charge >= 0.3 is 12.0 Å². The molecule has 5 nitrogen and oxygen atoms in total. The van der Waals surface area contributed by atoms with Crippen molar-refractivity contribution in [1.82, 2.24) is 10.2 Å². The second kappa shape index (κ2) is 6.27. The van der Waals surface area contributed by atoms with Gasteiger partial charge in [0.15, 0.2) is 0 Å². The normalized spacial score (nSPS) is 14.1. The Morgan fingerprint density at radius 2 is 1.93 bits per heavy atom. The van der Waals surface area contributed by atoms with Crippen molar-refractivity contribution < 1.29 is 14.7 Å². The summed E-state index contributed by atoms with van der Waals surface area (Å²) >= 11 is 0. The third-order valence-corrected chi connectivity index (χ3v) is 2.40. The number of urea groups is 1. The second-order valence-corrected chi connectivity index (χ2v) is 3.76. The quantitative estimate of drug-likeness (QED) is 0.727. The zero-order valence-corrected chi connectivity index (χ0v) is 9.78. The Balaban J connectivity index is 4.14. The second-order valence-electron chi connectivity index (χ2n) is 3.76. The first kappa shape index (κ1) is 13.7. The molecular formula is C10H20N2O3. The Kier molecular flexibility index (Phi) is 5.74. The topological polar surface area (TPSA) is 69.6 Å². The Labute approximate surface area is 90.5 Å². The van der Waals surface area contributed by atoms with Crippen molar-refractivity contribution in [3.05, 3.63) is 0 Å². The lowest BCUT2D eigenvalue weighted by Gasteiger charge is -2.25. The van der Waals surface area contributed by atoms with Crippen LogP contribution in [0, 0.1) is 0 Å². The molecule has 0 heterocycles. The van der Waals surface area contributed by atoms with Crippen LogP contribution in [0.4, 0.5) is 4.79 Å². The van der Waals surface area contributed by atoms with E-state index in [9.17, 15) is 9.59 Å². The van der Waals surface area contributed by atoms with E-state index in [0.29, 0.717) is 0 Å². The summed E-state index contributed by atoms with van der Waals surface area (Å²) in [5.74, 6) is -1.03. The Bertz CT molecular complexity index is 231. The van der Waals surface area contributed by atoms with Crippen LogP contribution in [0.5, 0.6) is 0 Å². The highest BCUT2D eigenvalue weighted by atomic mass is 16.4. The van der Waals surface area contributed by atoms with Crippen molar-refractivity contribution in [2.45, 2.75) is 45.7 Å². The minimum absolute atomic E-state index is 0.121. The molecule has 88 valence electrons. The summed E-state index contributed by atoms with van der Waals surface area (Å²) in [4.78, 5) is 23.6. The summed E-state index contributed by atoms with van der Waals surface area (Å²) in [6.45, 7) is 5.43. The predicted molar refractivity (Wildman–Crippen MR) is 57.8 cm³/mol. The minimum Gasteiger partial charge on any atom is -0.480 e. The number of carbonyl (C=O) groups is 2. The Morgan fingerprint density at radius 1 is 1.40 bits per heavy atom. The molecule has 0 fully saturated rings. The fourth-order valence-corrected chi connectivity index (χ4v) is 1.16. The summed E-state index contributed by atoms with van der Waals surface area (Å²) in [6.07, 6.45) is 1.90. The molecule has 0 bridgehead atoms. The molecule has 2 amide bonds. The lowest BCUT2D eigenvalue weighted by atomic mass is 10.2. The average molecular weight is 216 g/mol. The molecule has 0 spiro atoms. The van der Waals surface area contributed by atoms with Gasteiger partial charge in [0.1, 0.15) is 6.04 Å². The van der Waals surface area contributed by atoms with Gasteiger partial charge in [-0.3, -0.25) is 4.79 Å². The minimum atomic E-state index is -1.03. The maximum atomic E-state index is 11.5. The summed E-state index contributed by atoms with van der Waals surface area (Å²) in [5, 5.41) is 11.0. The maximum absolute atomic E-state index is 11.5. The van der Waals surface area contributed by atoms with E-state index in [0.717, 1.165) is 12.8 Å². The maximum Gasteiger partial charge on any atom is 0.325 e. The number of hydrogen-bond acceptors (Lipinski definition) is 2. The SMILES string of the molecule is CCCC(C)N(C)C(=O)N[C@@H](C)C(=O)O. The van der Waals surface area contributed by atoms with E-state index in [1.54, 1.807) is 7.05 Å². The molecule has 0 saturated heterocycles. The summed E-state index contributed by atoms with van der Waals surface area (Å²) in [6, 6.07) is -1.07. The molecule has 5 heteroatoms. The number of aliphatic carboxylic acids is 1. The third kappa shape index (κ3) is 4.67. The van der Waals surface area contributed by atoms with Crippen LogP contribution < -0.4 is 5.32 Å². The molecule has 0 rings (SSSR count). The van der Waals surface area contributed by atoms with Crippen molar-refractivity contribution >= 4 is 12.0 Å². The van der Waals surface area contributed by atoms with Gasteiger partial charge in [-0.05, 0) is 20.3 Å². The summed E-state index contributed by atoms with van der Waals surface area (Å²) in [7, 11) is 1.67. The summed E-state index contributed by atoms with van der Waals surface area (Å²) < 4.78 is 0. The molecular weight excluding hydrogens is 196 g/mol. The zero-order valence-electron chi connectivity index (χ0n) is 9.78. The highest BCUT2D eigenvalue weighted by Crippen LogP contribution is 2.04. The molecule has 15 heavy (non-hydrogen) atoms. The molecule has 0 aliphatic rings. The van der Waals surface area contributed by atoms with Crippen molar-refractivity contribution in [2.24, 2.45) is 0 Å². The smallest absolute Gasteiger partial charge is 0.325 e. The van der Waals surface area contributed by atoms with Gasteiger partial charge in [-0.1, -0.05) is 13.3 Å². The number of rotatable bonds is 5. The van der Waals surface area contributed by atoms with Crippen molar-refractivity contribution in [3.8, 4) is 0 Å². The van der Waals surface area contributed by atoms with Gasteiger partial charge in [0.2, 0.25) is 0 Å². The lowest BCUT2D eigenvalue weighted by Crippen LogP contribution is -2.47. The van der Waals surface area contributed by atoms with E-state index in [1.165, 1.54) is 11.8 Å². The van der Waals surface area contributed by atoms with Gasteiger partial charge in [-0.15, -0.1) is 0 Å². The van der Waals surface area contributed by atoms with Crippen LogP contribution in [0.1, 0.15) is 33.6 Å². The van der Waals surface area contributed by atoms with E-state index < -0.39 is 12.0 Å². The van der Waals surface area contributed by atoms with Gasteiger partial charge in [-0.2, -0.15) is 0 Å². The van der Waals surface area contributed by atoms with Gasteiger partial charge in [-0.25, -0.2) is 4.79 Å². The number of nitrogens with zero attached hydrogens (tertiary/aromatic N) is 1. The van der Waals surface area contributed by atoms with Crippen LogP contribution in [-0.4, -0.2) is 41.1 Å². The molecule has 2 N–H and O–H groups in total. The Morgan fingerprint density at radius 3 is 2.33 bits per heavy atom. The van der Waals surface area contributed by atoms with Gasteiger partial charge in [0.25, 0.3) is 0 Å². The third-order valence-electron chi connectivity index (χ3n) is 2.40. The Hall–Kier alpha value is -1.26. The van der Waals surface area contributed by atoms with Crippen LogP contribution in [0.15, 0.2) is 0 Å².